The van der Waals surface area contributed by atoms with E-state index in [1.807, 2.05) is 24.3 Å². The summed E-state index contributed by atoms with van der Waals surface area (Å²) in [6.07, 6.45) is 5.98. The van der Waals surface area contributed by atoms with Gasteiger partial charge in [-0.25, -0.2) is 0 Å². The number of carbonyl (C=O) groups excluding carboxylic acids is 2. The van der Waals surface area contributed by atoms with Crippen LogP contribution in [0.2, 0.25) is 5.02 Å². The van der Waals surface area contributed by atoms with Crippen molar-refractivity contribution in [3.8, 4) is 0 Å². The summed E-state index contributed by atoms with van der Waals surface area (Å²) in [5.74, 6) is 2.37. The second-order valence-corrected chi connectivity index (χ2v) is 11.4. The molecule has 0 radical (unpaired) electrons. The fraction of sp³-hybridized carbons (Fsp3) is 0.652. The van der Waals surface area contributed by atoms with Crippen LogP contribution in [0, 0.1) is 23.2 Å². The molecular formula is C23H30ClN3O2S. The zero-order chi connectivity index (χ0) is 20.9. The molecule has 3 unspecified atom stereocenters. The van der Waals surface area contributed by atoms with Crippen molar-refractivity contribution in [2.45, 2.75) is 56.5 Å². The number of thioether (sulfide) groups is 1. The Hall–Kier alpha value is -1.24. The molecule has 5 nitrogen and oxygen atoms in total. The second-order valence-electron chi connectivity index (χ2n) is 9.79. The number of amides is 2. The lowest BCUT2D eigenvalue weighted by Crippen LogP contribution is -2.63. The van der Waals surface area contributed by atoms with Gasteiger partial charge in [-0.05, 0) is 73.7 Å². The molecule has 3 atom stereocenters. The zero-order valence-electron chi connectivity index (χ0n) is 17.2. The highest BCUT2D eigenvalue weighted by atomic mass is 35.5. The monoisotopic (exact) mass is 447 g/mol. The first-order chi connectivity index (χ1) is 14.4. The van der Waals surface area contributed by atoms with Crippen LogP contribution in [0.15, 0.2) is 24.3 Å². The molecule has 1 saturated heterocycles. The third-order valence-electron chi connectivity index (χ3n) is 7.86. The molecule has 3 N–H and O–H groups in total. The van der Waals surface area contributed by atoms with Crippen LogP contribution in [-0.4, -0.2) is 40.4 Å². The van der Waals surface area contributed by atoms with E-state index in [4.69, 9.17) is 17.3 Å². The standard InChI is InChI=1S/C23H30ClN3O2S/c24-18-5-2-1-4-15(18)13-27-6-3-7-30-21(27)20(28)26-19-16-8-14-9-17(19)12-23(10-14,11-16)22(25)29/h1-2,4-5,14,16-17,19,21H,3,6-13H2,(H2,25,29)(H,26,28). The summed E-state index contributed by atoms with van der Waals surface area (Å²) in [7, 11) is 0. The Morgan fingerprint density at radius 1 is 1.20 bits per heavy atom. The van der Waals surface area contributed by atoms with Crippen molar-refractivity contribution in [2.24, 2.45) is 28.9 Å². The fourth-order valence-electron chi connectivity index (χ4n) is 6.73. The van der Waals surface area contributed by atoms with Gasteiger partial charge in [0.25, 0.3) is 0 Å². The van der Waals surface area contributed by atoms with Gasteiger partial charge in [-0.3, -0.25) is 14.5 Å². The quantitative estimate of drug-likeness (QED) is 0.725. The van der Waals surface area contributed by atoms with Gasteiger partial charge in [0, 0.05) is 29.6 Å². The van der Waals surface area contributed by atoms with E-state index in [2.05, 4.69) is 10.2 Å². The topological polar surface area (TPSA) is 75.4 Å². The SMILES string of the molecule is NC(=O)C12CC3CC(C1)C(NC(=O)C1SCCCN1Cc1ccccc1Cl)C(C3)C2. The highest BCUT2D eigenvalue weighted by molar-refractivity contribution is 8.00. The number of hydrogen-bond donors (Lipinski definition) is 2. The average Bonchev–Trinajstić information content (AvgIpc) is 2.72. The van der Waals surface area contributed by atoms with Crippen LogP contribution < -0.4 is 11.1 Å². The Kier molecular flexibility index (Phi) is 5.53. The van der Waals surface area contributed by atoms with Gasteiger partial charge < -0.3 is 11.1 Å². The van der Waals surface area contributed by atoms with Crippen molar-refractivity contribution in [2.75, 3.05) is 12.3 Å². The van der Waals surface area contributed by atoms with Crippen LogP contribution in [0.4, 0.5) is 0 Å². The molecule has 4 aliphatic carbocycles. The Morgan fingerprint density at radius 2 is 1.93 bits per heavy atom. The summed E-state index contributed by atoms with van der Waals surface area (Å²) >= 11 is 8.11. The van der Waals surface area contributed by atoms with E-state index < -0.39 is 0 Å². The first-order valence-corrected chi connectivity index (χ1v) is 12.6. The summed E-state index contributed by atoms with van der Waals surface area (Å²) in [5, 5.41) is 4.00. The molecule has 1 heterocycles. The second kappa shape index (κ2) is 8.03. The van der Waals surface area contributed by atoms with Gasteiger partial charge in [-0.2, -0.15) is 0 Å². The molecule has 0 aromatic heterocycles. The van der Waals surface area contributed by atoms with Crippen molar-refractivity contribution in [1.29, 1.82) is 0 Å². The highest BCUT2D eigenvalue weighted by Gasteiger charge is 2.58. The van der Waals surface area contributed by atoms with Gasteiger partial charge in [0.15, 0.2) is 0 Å². The van der Waals surface area contributed by atoms with Crippen LogP contribution in [0.5, 0.6) is 0 Å². The number of nitrogens with one attached hydrogen (secondary N) is 1. The van der Waals surface area contributed by atoms with E-state index in [9.17, 15) is 9.59 Å². The molecule has 5 fully saturated rings. The summed E-state index contributed by atoms with van der Waals surface area (Å²) in [5.41, 5.74) is 6.57. The molecule has 162 valence electrons. The minimum atomic E-state index is -0.312. The van der Waals surface area contributed by atoms with Gasteiger partial charge in [-0.15, -0.1) is 11.8 Å². The van der Waals surface area contributed by atoms with E-state index in [1.54, 1.807) is 11.8 Å². The number of benzene rings is 1. The maximum Gasteiger partial charge on any atom is 0.247 e. The number of rotatable bonds is 5. The first kappa shape index (κ1) is 20.7. The van der Waals surface area contributed by atoms with Gasteiger partial charge in [-0.1, -0.05) is 29.8 Å². The number of primary amides is 1. The molecule has 6 rings (SSSR count). The van der Waals surface area contributed by atoms with Crippen LogP contribution >= 0.6 is 23.4 Å². The van der Waals surface area contributed by atoms with Crippen LogP contribution in [-0.2, 0) is 16.1 Å². The van der Waals surface area contributed by atoms with Crippen LogP contribution in [0.25, 0.3) is 0 Å². The molecule has 7 heteroatoms. The van der Waals surface area contributed by atoms with Gasteiger partial charge in [0.2, 0.25) is 11.8 Å². The van der Waals surface area contributed by atoms with Crippen molar-refractivity contribution < 1.29 is 9.59 Å². The lowest BCUT2D eigenvalue weighted by molar-refractivity contribution is -0.147. The average molecular weight is 448 g/mol. The maximum atomic E-state index is 13.4. The van der Waals surface area contributed by atoms with E-state index in [0.29, 0.717) is 24.3 Å². The summed E-state index contributed by atoms with van der Waals surface area (Å²) in [6, 6.07) is 8.07. The van der Waals surface area contributed by atoms with E-state index >= 15 is 0 Å². The molecular weight excluding hydrogens is 418 g/mol. The molecule has 1 aromatic rings. The minimum absolute atomic E-state index is 0.123. The molecule has 0 spiro atoms. The van der Waals surface area contributed by atoms with Crippen LogP contribution in [0.3, 0.4) is 0 Å². The first-order valence-electron chi connectivity index (χ1n) is 11.1. The highest BCUT2D eigenvalue weighted by Crippen LogP contribution is 2.60. The predicted molar refractivity (Wildman–Crippen MR) is 120 cm³/mol. The lowest BCUT2D eigenvalue weighted by atomic mass is 9.47. The van der Waals surface area contributed by atoms with Gasteiger partial charge in [0.05, 0.1) is 0 Å². The molecule has 1 aliphatic heterocycles. The van der Waals surface area contributed by atoms with Crippen molar-refractivity contribution >= 4 is 35.2 Å². The van der Waals surface area contributed by atoms with Crippen molar-refractivity contribution in [3.05, 3.63) is 34.9 Å². The van der Waals surface area contributed by atoms with Gasteiger partial charge >= 0.3 is 0 Å². The lowest BCUT2D eigenvalue weighted by Gasteiger charge is -2.59. The molecule has 2 amide bonds. The number of nitrogens with zero attached hydrogens (tertiary/aromatic N) is 1. The van der Waals surface area contributed by atoms with Crippen molar-refractivity contribution in [1.82, 2.24) is 10.2 Å². The smallest absolute Gasteiger partial charge is 0.247 e. The number of nitrogens with two attached hydrogens (primary N) is 1. The molecule has 5 aliphatic rings. The third kappa shape index (κ3) is 3.65. The largest absolute Gasteiger partial charge is 0.369 e. The van der Waals surface area contributed by atoms with E-state index in [1.165, 1.54) is 0 Å². The summed E-state index contributed by atoms with van der Waals surface area (Å²) < 4.78 is 0. The predicted octanol–water partition coefficient (Wildman–Crippen LogP) is 3.40. The van der Waals surface area contributed by atoms with Crippen LogP contribution in [0.1, 0.15) is 44.1 Å². The Balaban J connectivity index is 1.29. The fourth-order valence-corrected chi connectivity index (χ4v) is 8.06. The zero-order valence-corrected chi connectivity index (χ0v) is 18.8. The Morgan fingerprint density at radius 3 is 2.63 bits per heavy atom. The molecule has 4 bridgehead atoms. The van der Waals surface area contributed by atoms with E-state index in [-0.39, 0.29) is 28.6 Å². The third-order valence-corrected chi connectivity index (χ3v) is 9.58. The molecule has 30 heavy (non-hydrogen) atoms. The normalized spacial score (nSPS) is 37.8. The number of halogens is 1. The van der Waals surface area contributed by atoms with Crippen molar-refractivity contribution in [3.63, 3.8) is 0 Å². The van der Waals surface area contributed by atoms with E-state index in [0.717, 1.165) is 61.4 Å². The summed E-state index contributed by atoms with van der Waals surface area (Å²) in [4.78, 5) is 27.8. The minimum Gasteiger partial charge on any atom is -0.369 e. The number of hydrogen-bond acceptors (Lipinski definition) is 4. The molecule has 1 aromatic carbocycles. The summed E-state index contributed by atoms with van der Waals surface area (Å²) in [6.45, 7) is 1.59. The Labute approximate surface area is 187 Å². The maximum absolute atomic E-state index is 13.4. The Bertz CT molecular complexity index is 833. The molecule has 4 saturated carbocycles. The number of carbonyl (C=O) groups is 2. The van der Waals surface area contributed by atoms with Gasteiger partial charge in [0.1, 0.15) is 5.37 Å².